The number of hydrogen-bond acceptors (Lipinski definition) is 3. The summed E-state index contributed by atoms with van der Waals surface area (Å²) >= 11 is 3.69. The molecule has 0 aromatic carbocycles. The monoisotopic (exact) mass is 314 g/mol. The van der Waals surface area contributed by atoms with E-state index in [2.05, 4.69) is 38.2 Å². The number of likely N-dealkylation sites (tertiary alicyclic amines) is 1. The number of nitrogens with one attached hydrogen (secondary N) is 1. The first kappa shape index (κ1) is 14.0. The molecule has 1 N–H and O–H groups in total. The van der Waals surface area contributed by atoms with Crippen molar-refractivity contribution >= 4 is 15.9 Å². The molecule has 102 valence electrons. The van der Waals surface area contributed by atoms with Crippen LogP contribution in [0.15, 0.2) is 4.47 Å². The third-order valence-electron chi connectivity index (χ3n) is 3.74. The van der Waals surface area contributed by atoms with Gasteiger partial charge in [0.05, 0.1) is 15.9 Å². The molecule has 1 aliphatic rings. The third-order valence-corrected chi connectivity index (χ3v) is 4.65. The lowest BCUT2D eigenvalue weighted by Crippen LogP contribution is -2.25. The average molecular weight is 315 g/mol. The Hall–Kier alpha value is -0.390. The molecule has 5 heteroatoms. The van der Waals surface area contributed by atoms with E-state index in [1.165, 1.54) is 35.4 Å². The topological polar surface area (TPSA) is 33.1 Å². The van der Waals surface area contributed by atoms with Gasteiger partial charge in [-0.2, -0.15) is 5.10 Å². The van der Waals surface area contributed by atoms with Gasteiger partial charge in [-0.1, -0.05) is 6.92 Å². The van der Waals surface area contributed by atoms with Gasteiger partial charge >= 0.3 is 0 Å². The van der Waals surface area contributed by atoms with Crippen LogP contribution in [-0.4, -0.2) is 41.4 Å². The Morgan fingerprint density at radius 1 is 1.50 bits per heavy atom. The lowest BCUT2D eigenvalue weighted by molar-refractivity contribution is 0.306. The number of nitrogens with zero attached hydrogens (tertiary/aromatic N) is 3. The van der Waals surface area contributed by atoms with E-state index >= 15 is 0 Å². The van der Waals surface area contributed by atoms with Crippen LogP contribution >= 0.6 is 15.9 Å². The zero-order valence-corrected chi connectivity index (χ0v) is 13.1. The van der Waals surface area contributed by atoms with Crippen molar-refractivity contribution in [1.29, 1.82) is 0 Å². The van der Waals surface area contributed by atoms with Gasteiger partial charge < -0.3 is 5.32 Å². The van der Waals surface area contributed by atoms with Gasteiger partial charge in [0.25, 0.3) is 0 Å². The van der Waals surface area contributed by atoms with Gasteiger partial charge in [-0.05, 0) is 54.8 Å². The fourth-order valence-electron chi connectivity index (χ4n) is 2.72. The first-order valence-electron chi connectivity index (χ1n) is 6.72. The zero-order valence-electron chi connectivity index (χ0n) is 11.5. The van der Waals surface area contributed by atoms with E-state index in [0.717, 1.165) is 25.4 Å². The average Bonchev–Trinajstić information content (AvgIpc) is 2.89. The summed E-state index contributed by atoms with van der Waals surface area (Å²) < 4.78 is 3.22. The lowest BCUT2D eigenvalue weighted by Gasteiger charge is -2.16. The van der Waals surface area contributed by atoms with Crippen molar-refractivity contribution in [1.82, 2.24) is 20.0 Å². The fourth-order valence-corrected chi connectivity index (χ4v) is 3.46. The molecule has 4 nitrogen and oxygen atoms in total. The minimum absolute atomic E-state index is 0.799. The van der Waals surface area contributed by atoms with E-state index in [9.17, 15) is 0 Å². The number of hydrogen-bond donors (Lipinski definition) is 1. The number of rotatable bonds is 5. The minimum Gasteiger partial charge on any atom is -0.319 e. The predicted molar refractivity (Wildman–Crippen MR) is 77.6 cm³/mol. The molecule has 1 aromatic heterocycles. The second-order valence-corrected chi connectivity index (χ2v) is 5.93. The summed E-state index contributed by atoms with van der Waals surface area (Å²) in [5.74, 6) is 0.799. The van der Waals surface area contributed by atoms with Gasteiger partial charge in [0.1, 0.15) is 0 Å². The summed E-state index contributed by atoms with van der Waals surface area (Å²) in [6, 6.07) is 0. The molecule has 0 spiro atoms. The van der Waals surface area contributed by atoms with Gasteiger partial charge in [-0.25, -0.2) is 0 Å². The van der Waals surface area contributed by atoms with Crippen molar-refractivity contribution in [3.8, 4) is 0 Å². The highest BCUT2D eigenvalue weighted by atomic mass is 79.9. The van der Waals surface area contributed by atoms with Gasteiger partial charge in [0.15, 0.2) is 0 Å². The molecule has 0 bridgehead atoms. The van der Waals surface area contributed by atoms with Crippen molar-refractivity contribution < 1.29 is 0 Å². The van der Waals surface area contributed by atoms with E-state index in [1.807, 2.05) is 18.8 Å². The highest BCUT2D eigenvalue weighted by molar-refractivity contribution is 9.10. The van der Waals surface area contributed by atoms with Crippen LogP contribution in [0.4, 0.5) is 0 Å². The molecule has 0 saturated carbocycles. The molecular weight excluding hydrogens is 292 g/mol. The molecule has 1 unspecified atom stereocenters. The molecule has 0 aliphatic carbocycles. The lowest BCUT2D eigenvalue weighted by atomic mass is 10.1. The van der Waals surface area contributed by atoms with E-state index < -0.39 is 0 Å². The van der Waals surface area contributed by atoms with Crippen LogP contribution in [0.25, 0.3) is 0 Å². The van der Waals surface area contributed by atoms with Gasteiger partial charge in [0.2, 0.25) is 0 Å². The molecule has 2 rings (SSSR count). The Balaban J connectivity index is 2.00. The zero-order chi connectivity index (χ0) is 13.1. The predicted octanol–water partition coefficient (Wildman–Crippen LogP) is 1.79. The Morgan fingerprint density at radius 3 is 2.89 bits per heavy atom. The molecule has 1 aliphatic heterocycles. The van der Waals surface area contributed by atoms with Gasteiger partial charge in [-0.15, -0.1) is 0 Å². The smallest absolute Gasteiger partial charge is 0.0767 e. The molecule has 1 aromatic rings. The van der Waals surface area contributed by atoms with Crippen LogP contribution in [-0.2, 0) is 20.0 Å². The first-order valence-corrected chi connectivity index (χ1v) is 7.52. The summed E-state index contributed by atoms with van der Waals surface area (Å²) in [5.41, 5.74) is 2.47. The van der Waals surface area contributed by atoms with Crippen LogP contribution in [0, 0.1) is 5.92 Å². The number of halogens is 1. The van der Waals surface area contributed by atoms with Crippen molar-refractivity contribution in [2.24, 2.45) is 13.0 Å². The van der Waals surface area contributed by atoms with Crippen molar-refractivity contribution in [3.05, 3.63) is 15.9 Å². The molecule has 1 fully saturated rings. The highest BCUT2D eigenvalue weighted by Crippen LogP contribution is 2.25. The summed E-state index contributed by atoms with van der Waals surface area (Å²) in [4.78, 5) is 2.53. The molecular formula is C13H23BrN4. The normalized spacial score (nSPS) is 20.8. The first-order chi connectivity index (χ1) is 8.65. The molecule has 2 heterocycles. The van der Waals surface area contributed by atoms with Crippen LogP contribution in [0.2, 0.25) is 0 Å². The second-order valence-electron chi connectivity index (χ2n) is 5.13. The van der Waals surface area contributed by atoms with E-state index in [4.69, 9.17) is 0 Å². The Morgan fingerprint density at radius 2 is 2.28 bits per heavy atom. The molecule has 0 amide bonds. The Bertz CT molecular complexity index is 402. The number of aromatic nitrogens is 2. The highest BCUT2D eigenvalue weighted by Gasteiger charge is 2.24. The minimum atomic E-state index is 0.799. The largest absolute Gasteiger partial charge is 0.319 e. The van der Waals surface area contributed by atoms with E-state index in [1.54, 1.807) is 0 Å². The molecule has 0 radical (unpaired) electrons. The number of aryl methyl sites for hydroxylation is 2. The maximum atomic E-state index is 4.56. The SMILES string of the molecule is CCc1nn(C)c(CN2CCC(CNC)C2)c1Br. The van der Waals surface area contributed by atoms with Crippen molar-refractivity contribution in [2.75, 3.05) is 26.7 Å². The van der Waals surface area contributed by atoms with Crippen LogP contribution in [0.3, 0.4) is 0 Å². The van der Waals surface area contributed by atoms with Crippen LogP contribution < -0.4 is 5.32 Å². The molecule has 1 atom stereocenters. The Labute approximate surface area is 118 Å². The van der Waals surface area contributed by atoms with E-state index in [0.29, 0.717) is 0 Å². The second kappa shape index (κ2) is 6.17. The van der Waals surface area contributed by atoms with Gasteiger partial charge in [-0.3, -0.25) is 9.58 Å². The van der Waals surface area contributed by atoms with E-state index in [-0.39, 0.29) is 0 Å². The quantitative estimate of drug-likeness (QED) is 0.899. The standard InChI is InChI=1S/C13H23BrN4/c1-4-11-13(14)12(17(3)16-11)9-18-6-5-10(8-18)7-15-2/h10,15H,4-9H2,1-3H3. The summed E-state index contributed by atoms with van der Waals surface area (Å²) in [7, 11) is 4.08. The van der Waals surface area contributed by atoms with Crippen molar-refractivity contribution in [3.63, 3.8) is 0 Å². The van der Waals surface area contributed by atoms with Crippen LogP contribution in [0.5, 0.6) is 0 Å². The van der Waals surface area contributed by atoms with Gasteiger partial charge in [0, 0.05) is 20.1 Å². The fraction of sp³-hybridized carbons (Fsp3) is 0.769. The summed E-state index contributed by atoms with van der Waals surface area (Å²) in [6.07, 6.45) is 2.29. The summed E-state index contributed by atoms with van der Waals surface area (Å²) in [6.45, 7) is 6.68. The van der Waals surface area contributed by atoms with Crippen molar-refractivity contribution in [2.45, 2.75) is 26.3 Å². The Kier molecular flexibility index (Phi) is 4.81. The summed E-state index contributed by atoms with van der Waals surface area (Å²) in [5, 5.41) is 7.83. The third kappa shape index (κ3) is 2.95. The molecule has 18 heavy (non-hydrogen) atoms. The maximum absolute atomic E-state index is 4.56. The van der Waals surface area contributed by atoms with Crippen LogP contribution in [0.1, 0.15) is 24.7 Å². The molecule has 1 saturated heterocycles. The maximum Gasteiger partial charge on any atom is 0.0767 e.